The lowest BCUT2D eigenvalue weighted by molar-refractivity contribution is -0.384. The Morgan fingerprint density at radius 3 is 2.52 bits per heavy atom. The van der Waals surface area contributed by atoms with Gasteiger partial charge in [-0.15, -0.1) is 0 Å². The van der Waals surface area contributed by atoms with E-state index in [-0.39, 0.29) is 16.3 Å². The monoisotopic (exact) mass is 305 g/mol. The summed E-state index contributed by atoms with van der Waals surface area (Å²) in [4.78, 5) is 22.3. The third-order valence-electron chi connectivity index (χ3n) is 2.82. The summed E-state index contributed by atoms with van der Waals surface area (Å²) in [5.41, 5.74) is 3.24. The Kier molecular flexibility index (Phi) is 4.39. The second kappa shape index (κ2) is 6.23. The highest BCUT2D eigenvalue weighted by Crippen LogP contribution is 2.22. The molecule has 0 saturated heterocycles. The largest absolute Gasteiger partial charge is 0.288 e. The number of rotatable bonds is 4. The van der Waals surface area contributed by atoms with Gasteiger partial charge in [-0.05, 0) is 18.2 Å². The molecule has 1 amide bonds. The Morgan fingerprint density at radius 2 is 1.90 bits per heavy atom. The predicted octanol–water partition coefficient (Wildman–Crippen LogP) is 3.03. The highest BCUT2D eigenvalue weighted by atomic mass is 35.5. The number of hydrogen-bond donors (Lipinski definition) is 1. The van der Waals surface area contributed by atoms with Crippen LogP contribution in [0.15, 0.2) is 48.5 Å². The molecule has 0 unspecified atom stereocenters. The van der Waals surface area contributed by atoms with Crippen molar-refractivity contribution < 1.29 is 9.72 Å². The van der Waals surface area contributed by atoms with E-state index in [1.807, 2.05) is 30.3 Å². The number of anilines is 1. The van der Waals surface area contributed by atoms with Crippen LogP contribution in [-0.2, 0) is 0 Å². The Morgan fingerprint density at radius 1 is 1.24 bits per heavy atom. The number of para-hydroxylation sites is 1. The van der Waals surface area contributed by atoms with Crippen LogP contribution in [0.2, 0.25) is 5.02 Å². The van der Waals surface area contributed by atoms with Crippen LogP contribution in [0.3, 0.4) is 0 Å². The fourth-order valence-corrected chi connectivity index (χ4v) is 1.93. The highest BCUT2D eigenvalue weighted by Gasteiger charge is 2.17. The van der Waals surface area contributed by atoms with Crippen LogP contribution in [0.4, 0.5) is 11.4 Å². The maximum atomic E-state index is 12.2. The number of hydrazine groups is 1. The van der Waals surface area contributed by atoms with Gasteiger partial charge in [0.05, 0.1) is 21.2 Å². The van der Waals surface area contributed by atoms with Gasteiger partial charge in [0.1, 0.15) is 0 Å². The SMILES string of the molecule is CN(NC(=O)c1cc([N+](=O)[O-])ccc1Cl)c1ccccc1. The summed E-state index contributed by atoms with van der Waals surface area (Å²) in [5, 5.41) is 12.4. The molecule has 2 rings (SSSR count). The first kappa shape index (κ1) is 14.8. The lowest BCUT2D eigenvalue weighted by Gasteiger charge is -2.20. The van der Waals surface area contributed by atoms with Crippen molar-refractivity contribution in [3.05, 3.63) is 69.2 Å². The van der Waals surface area contributed by atoms with Crippen molar-refractivity contribution in [3.8, 4) is 0 Å². The van der Waals surface area contributed by atoms with E-state index < -0.39 is 10.8 Å². The Bertz CT molecular complexity index is 676. The molecule has 0 aliphatic carbocycles. The van der Waals surface area contributed by atoms with Gasteiger partial charge >= 0.3 is 0 Å². The van der Waals surface area contributed by atoms with Gasteiger partial charge in [0.2, 0.25) is 0 Å². The van der Waals surface area contributed by atoms with Crippen LogP contribution in [-0.4, -0.2) is 17.9 Å². The molecule has 0 atom stereocenters. The average Bonchev–Trinajstić information content (AvgIpc) is 2.48. The number of nitro groups is 1. The van der Waals surface area contributed by atoms with Gasteiger partial charge in [-0.25, -0.2) is 0 Å². The van der Waals surface area contributed by atoms with Gasteiger partial charge in [-0.3, -0.25) is 25.3 Å². The molecule has 0 saturated carbocycles. The molecule has 0 fully saturated rings. The number of nitro benzene ring substituents is 1. The van der Waals surface area contributed by atoms with Gasteiger partial charge < -0.3 is 0 Å². The van der Waals surface area contributed by atoms with E-state index in [0.29, 0.717) is 0 Å². The molecule has 0 spiro atoms. The quantitative estimate of drug-likeness (QED) is 0.696. The topological polar surface area (TPSA) is 75.5 Å². The second-order valence-corrected chi connectivity index (χ2v) is 4.66. The van der Waals surface area contributed by atoms with E-state index in [1.54, 1.807) is 7.05 Å². The van der Waals surface area contributed by atoms with E-state index in [4.69, 9.17) is 11.6 Å². The number of carbonyl (C=O) groups is 1. The molecule has 6 nitrogen and oxygen atoms in total. The molecule has 2 aromatic rings. The molecule has 21 heavy (non-hydrogen) atoms. The van der Waals surface area contributed by atoms with Crippen LogP contribution in [0.1, 0.15) is 10.4 Å². The van der Waals surface area contributed by atoms with E-state index in [0.717, 1.165) is 11.8 Å². The molecule has 0 radical (unpaired) electrons. The number of halogens is 1. The van der Waals surface area contributed by atoms with E-state index >= 15 is 0 Å². The summed E-state index contributed by atoms with van der Waals surface area (Å²) in [5.74, 6) is -0.518. The van der Waals surface area contributed by atoms with Crippen LogP contribution < -0.4 is 10.4 Å². The number of nitrogens with one attached hydrogen (secondary N) is 1. The second-order valence-electron chi connectivity index (χ2n) is 4.26. The van der Waals surface area contributed by atoms with Crippen molar-refractivity contribution in [3.63, 3.8) is 0 Å². The Balaban J connectivity index is 2.21. The van der Waals surface area contributed by atoms with Gasteiger partial charge in [-0.1, -0.05) is 29.8 Å². The average molecular weight is 306 g/mol. The number of amides is 1. The highest BCUT2D eigenvalue weighted by molar-refractivity contribution is 6.34. The third-order valence-corrected chi connectivity index (χ3v) is 3.15. The summed E-state index contributed by atoms with van der Waals surface area (Å²) in [6.07, 6.45) is 0. The molecule has 2 aromatic carbocycles. The number of nitrogens with zero attached hydrogens (tertiary/aromatic N) is 2. The lowest BCUT2D eigenvalue weighted by Crippen LogP contribution is -2.39. The van der Waals surface area contributed by atoms with Crippen molar-refractivity contribution in [1.29, 1.82) is 0 Å². The first-order chi connectivity index (χ1) is 9.99. The summed E-state index contributed by atoms with van der Waals surface area (Å²) < 4.78 is 0. The van der Waals surface area contributed by atoms with E-state index in [2.05, 4.69) is 5.43 Å². The zero-order valence-corrected chi connectivity index (χ0v) is 11.9. The molecule has 7 heteroatoms. The number of hydrogen-bond acceptors (Lipinski definition) is 4. The molecule has 0 aromatic heterocycles. The van der Waals surface area contributed by atoms with Crippen molar-refractivity contribution in [2.45, 2.75) is 0 Å². The van der Waals surface area contributed by atoms with Gasteiger partial charge in [0.25, 0.3) is 11.6 Å². The van der Waals surface area contributed by atoms with Crippen molar-refractivity contribution in [1.82, 2.24) is 5.43 Å². The number of benzene rings is 2. The molecule has 108 valence electrons. The van der Waals surface area contributed by atoms with Gasteiger partial charge in [0, 0.05) is 19.2 Å². The molecule has 0 heterocycles. The van der Waals surface area contributed by atoms with Gasteiger partial charge in [0.15, 0.2) is 0 Å². The summed E-state index contributed by atoms with van der Waals surface area (Å²) in [7, 11) is 1.67. The van der Waals surface area contributed by atoms with E-state index in [9.17, 15) is 14.9 Å². The first-order valence-electron chi connectivity index (χ1n) is 6.03. The first-order valence-corrected chi connectivity index (χ1v) is 6.40. The smallest absolute Gasteiger partial charge is 0.271 e. The minimum atomic E-state index is -0.575. The van der Waals surface area contributed by atoms with Crippen LogP contribution in [0.25, 0.3) is 0 Å². The molecule has 0 aliphatic heterocycles. The van der Waals surface area contributed by atoms with Crippen LogP contribution >= 0.6 is 11.6 Å². The van der Waals surface area contributed by atoms with Gasteiger partial charge in [-0.2, -0.15) is 0 Å². The fourth-order valence-electron chi connectivity index (χ4n) is 1.73. The summed E-state index contributed by atoms with van der Waals surface area (Å²) >= 11 is 5.92. The van der Waals surface area contributed by atoms with Crippen LogP contribution in [0.5, 0.6) is 0 Å². The number of carbonyl (C=O) groups excluding carboxylic acids is 1. The zero-order valence-electron chi connectivity index (χ0n) is 11.1. The molecule has 0 aliphatic rings. The molecular formula is C14H12ClN3O3. The predicted molar refractivity (Wildman–Crippen MR) is 80.4 cm³/mol. The van der Waals surface area contributed by atoms with Crippen LogP contribution in [0, 0.1) is 10.1 Å². The number of non-ortho nitro benzene ring substituents is 1. The van der Waals surface area contributed by atoms with Crippen molar-refractivity contribution in [2.75, 3.05) is 12.1 Å². The Labute approximate surface area is 126 Å². The minimum absolute atomic E-state index is 0.0497. The van der Waals surface area contributed by atoms with E-state index in [1.165, 1.54) is 17.1 Å². The molecular weight excluding hydrogens is 294 g/mol. The molecule has 1 N–H and O–H groups in total. The standard InChI is InChI=1S/C14H12ClN3O3/c1-17(10-5-3-2-4-6-10)16-14(19)12-9-11(18(20)21)7-8-13(12)15/h2-9H,1H3,(H,16,19). The fraction of sp³-hybridized carbons (Fsp3) is 0.0714. The lowest BCUT2D eigenvalue weighted by atomic mass is 10.2. The Hall–Kier alpha value is -2.60. The minimum Gasteiger partial charge on any atom is -0.288 e. The zero-order chi connectivity index (χ0) is 15.4. The maximum Gasteiger partial charge on any atom is 0.271 e. The molecule has 0 bridgehead atoms. The third kappa shape index (κ3) is 3.49. The maximum absolute atomic E-state index is 12.2. The van der Waals surface area contributed by atoms with Crippen molar-refractivity contribution >= 4 is 28.9 Å². The summed E-state index contributed by atoms with van der Waals surface area (Å²) in [6.45, 7) is 0. The van der Waals surface area contributed by atoms with Crippen molar-refractivity contribution in [2.24, 2.45) is 0 Å². The normalized spacial score (nSPS) is 10.0. The summed E-state index contributed by atoms with van der Waals surface area (Å²) in [6, 6.07) is 12.9.